The summed E-state index contributed by atoms with van der Waals surface area (Å²) < 4.78 is 5.08. The van der Waals surface area contributed by atoms with Gasteiger partial charge in [0.05, 0.1) is 12.8 Å². The molecule has 0 aromatic carbocycles. The van der Waals surface area contributed by atoms with Gasteiger partial charge in [-0.05, 0) is 25.0 Å². The van der Waals surface area contributed by atoms with Crippen LogP contribution >= 0.6 is 0 Å². The molecule has 7 nitrogen and oxygen atoms in total. The minimum Gasteiger partial charge on any atom is -0.480 e. The number of nitrogens with zero attached hydrogens (tertiary/aromatic N) is 1. The second kappa shape index (κ2) is 6.92. The van der Waals surface area contributed by atoms with Gasteiger partial charge in [0.2, 0.25) is 11.8 Å². The zero-order valence-corrected chi connectivity index (χ0v) is 11.6. The van der Waals surface area contributed by atoms with Gasteiger partial charge in [0.15, 0.2) is 0 Å². The third-order valence-corrected chi connectivity index (χ3v) is 3.46. The first kappa shape index (κ1) is 15.1. The monoisotopic (exact) mass is 294 g/mol. The molecule has 2 rings (SSSR count). The number of hydrogen-bond donors (Lipinski definition) is 2. The summed E-state index contributed by atoms with van der Waals surface area (Å²) >= 11 is 0. The summed E-state index contributed by atoms with van der Waals surface area (Å²) in [5.74, 6) is -0.887. The fourth-order valence-corrected chi connectivity index (χ4v) is 2.37. The summed E-state index contributed by atoms with van der Waals surface area (Å²) in [6.07, 6.45) is 2.75. The van der Waals surface area contributed by atoms with E-state index in [0.717, 1.165) is 0 Å². The number of likely N-dealkylation sites (tertiary alicyclic amines) is 1. The van der Waals surface area contributed by atoms with Crippen molar-refractivity contribution in [3.8, 4) is 0 Å². The Morgan fingerprint density at radius 1 is 1.38 bits per heavy atom. The Balaban J connectivity index is 1.73. The molecule has 1 fully saturated rings. The van der Waals surface area contributed by atoms with Crippen LogP contribution in [0.3, 0.4) is 0 Å². The maximum Gasteiger partial charge on any atom is 0.326 e. The van der Waals surface area contributed by atoms with Crippen LogP contribution in [0.25, 0.3) is 0 Å². The molecule has 0 aliphatic carbocycles. The second-order valence-corrected chi connectivity index (χ2v) is 4.94. The number of carbonyl (C=O) groups is 3. The maximum absolute atomic E-state index is 12.0. The Bertz CT molecular complexity index is 511. The first-order valence-electron chi connectivity index (χ1n) is 6.89. The smallest absolute Gasteiger partial charge is 0.326 e. The lowest BCUT2D eigenvalue weighted by atomic mass is 10.2. The Hall–Kier alpha value is -2.31. The fraction of sp³-hybridized carbons (Fsp3) is 0.500. The fourth-order valence-electron chi connectivity index (χ4n) is 2.37. The van der Waals surface area contributed by atoms with Gasteiger partial charge in [-0.1, -0.05) is 0 Å². The van der Waals surface area contributed by atoms with Gasteiger partial charge in [0.1, 0.15) is 11.8 Å². The van der Waals surface area contributed by atoms with E-state index in [1.165, 1.54) is 11.2 Å². The lowest BCUT2D eigenvalue weighted by Crippen LogP contribution is -2.40. The predicted molar refractivity (Wildman–Crippen MR) is 72.2 cm³/mol. The van der Waals surface area contributed by atoms with Gasteiger partial charge in [0, 0.05) is 19.4 Å². The van der Waals surface area contributed by atoms with Gasteiger partial charge in [-0.2, -0.15) is 0 Å². The van der Waals surface area contributed by atoms with Crippen LogP contribution in [0.5, 0.6) is 0 Å². The zero-order chi connectivity index (χ0) is 15.2. The van der Waals surface area contributed by atoms with Crippen LogP contribution in [0, 0.1) is 0 Å². The summed E-state index contributed by atoms with van der Waals surface area (Å²) in [5.41, 5.74) is 0. The van der Waals surface area contributed by atoms with Crippen molar-refractivity contribution in [3.63, 3.8) is 0 Å². The molecule has 2 amide bonds. The maximum atomic E-state index is 12.0. The third kappa shape index (κ3) is 4.08. The van der Waals surface area contributed by atoms with Crippen molar-refractivity contribution in [2.24, 2.45) is 0 Å². The van der Waals surface area contributed by atoms with Crippen molar-refractivity contribution in [1.82, 2.24) is 10.2 Å². The van der Waals surface area contributed by atoms with E-state index < -0.39 is 12.0 Å². The van der Waals surface area contributed by atoms with Gasteiger partial charge in [-0.3, -0.25) is 9.59 Å². The van der Waals surface area contributed by atoms with Crippen molar-refractivity contribution in [2.45, 2.75) is 38.3 Å². The average molecular weight is 294 g/mol. The normalized spacial score (nSPS) is 17.7. The van der Waals surface area contributed by atoms with E-state index >= 15 is 0 Å². The van der Waals surface area contributed by atoms with Gasteiger partial charge in [0.25, 0.3) is 0 Å². The average Bonchev–Trinajstić information content (AvgIpc) is 3.12. The molecular weight excluding hydrogens is 276 g/mol. The number of rotatable bonds is 6. The molecule has 1 unspecified atom stereocenters. The molecule has 1 aliphatic rings. The summed E-state index contributed by atoms with van der Waals surface area (Å²) in [7, 11) is 0. The van der Waals surface area contributed by atoms with Gasteiger partial charge in [-0.25, -0.2) is 4.79 Å². The topological polar surface area (TPSA) is 99.9 Å². The molecule has 1 saturated heterocycles. The highest BCUT2D eigenvalue weighted by Gasteiger charge is 2.33. The van der Waals surface area contributed by atoms with Gasteiger partial charge >= 0.3 is 5.97 Å². The van der Waals surface area contributed by atoms with E-state index in [4.69, 9.17) is 9.52 Å². The van der Waals surface area contributed by atoms with Gasteiger partial charge in [-0.15, -0.1) is 0 Å². The molecule has 21 heavy (non-hydrogen) atoms. The van der Waals surface area contributed by atoms with Crippen molar-refractivity contribution in [2.75, 3.05) is 6.54 Å². The summed E-state index contributed by atoms with van der Waals surface area (Å²) in [5, 5.41) is 11.7. The van der Waals surface area contributed by atoms with E-state index in [0.29, 0.717) is 25.1 Å². The number of aliphatic carboxylic acids is 1. The number of amides is 2. The molecule has 1 aliphatic heterocycles. The van der Waals surface area contributed by atoms with Crippen molar-refractivity contribution >= 4 is 17.8 Å². The zero-order valence-electron chi connectivity index (χ0n) is 11.6. The molecule has 0 spiro atoms. The predicted octanol–water partition coefficient (Wildman–Crippen LogP) is 0.752. The quantitative estimate of drug-likeness (QED) is 0.806. The Labute approximate surface area is 121 Å². The lowest BCUT2D eigenvalue weighted by Gasteiger charge is -2.21. The van der Waals surface area contributed by atoms with Crippen molar-refractivity contribution in [1.29, 1.82) is 0 Å². The second-order valence-electron chi connectivity index (χ2n) is 4.94. The van der Waals surface area contributed by atoms with E-state index in [-0.39, 0.29) is 31.2 Å². The molecule has 0 radical (unpaired) electrons. The highest BCUT2D eigenvalue weighted by Crippen LogP contribution is 2.18. The molecule has 1 aromatic heterocycles. The van der Waals surface area contributed by atoms with Crippen LogP contribution < -0.4 is 5.32 Å². The van der Waals surface area contributed by atoms with Crippen LogP contribution in [-0.2, 0) is 20.9 Å². The Morgan fingerprint density at radius 3 is 2.86 bits per heavy atom. The number of carboxylic acid groups (broad SMARTS) is 1. The number of carbonyl (C=O) groups excluding carboxylic acids is 2. The van der Waals surface area contributed by atoms with Crippen molar-refractivity contribution < 1.29 is 23.9 Å². The number of furan rings is 1. The standard InChI is InChI=1S/C14H18N2O5/c17-12(15-9-10-3-2-8-21-10)5-6-13(18)16-7-1-4-11(16)14(19)20/h2-3,8,11H,1,4-7,9H2,(H,15,17)(H,19,20). The van der Waals surface area contributed by atoms with Crippen LogP contribution in [0.2, 0.25) is 0 Å². The molecule has 1 atom stereocenters. The lowest BCUT2D eigenvalue weighted by molar-refractivity contribution is -0.148. The SMILES string of the molecule is O=C(CCC(=O)N1CCCC1C(=O)O)NCc1ccco1. The molecule has 1 aromatic rings. The highest BCUT2D eigenvalue weighted by molar-refractivity contribution is 5.87. The molecule has 114 valence electrons. The molecule has 2 heterocycles. The number of carboxylic acids is 1. The van der Waals surface area contributed by atoms with E-state index in [1.807, 2.05) is 0 Å². The number of hydrogen-bond acceptors (Lipinski definition) is 4. The first-order chi connectivity index (χ1) is 10.1. The summed E-state index contributed by atoms with van der Waals surface area (Å²) in [6.45, 7) is 0.727. The van der Waals surface area contributed by atoms with Gasteiger partial charge < -0.3 is 19.7 Å². The van der Waals surface area contributed by atoms with Crippen LogP contribution in [-0.4, -0.2) is 40.4 Å². The number of nitrogens with one attached hydrogen (secondary N) is 1. The summed E-state index contributed by atoms with van der Waals surface area (Å²) in [4.78, 5) is 35.9. The Morgan fingerprint density at radius 2 is 2.19 bits per heavy atom. The Kier molecular flexibility index (Phi) is 4.97. The molecule has 7 heteroatoms. The molecule has 0 saturated carbocycles. The van der Waals surface area contributed by atoms with Crippen LogP contribution in [0.15, 0.2) is 22.8 Å². The van der Waals surface area contributed by atoms with Crippen molar-refractivity contribution in [3.05, 3.63) is 24.2 Å². The van der Waals surface area contributed by atoms with E-state index in [9.17, 15) is 14.4 Å². The van der Waals surface area contributed by atoms with E-state index in [2.05, 4.69) is 5.32 Å². The van der Waals surface area contributed by atoms with Crippen LogP contribution in [0.4, 0.5) is 0 Å². The van der Waals surface area contributed by atoms with Crippen LogP contribution in [0.1, 0.15) is 31.4 Å². The minimum absolute atomic E-state index is 0.0216. The minimum atomic E-state index is -0.983. The highest BCUT2D eigenvalue weighted by atomic mass is 16.4. The molecular formula is C14H18N2O5. The first-order valence-corrected chi connectivity index (χ1v) is 6.89. The third-order valence-electron chi connectivity index (χ3n) is 3.46. The largest absolute Gasteiger partial charge is 0.480 e. The molecule has 2 N–H and O–H groups in total. The molecule has 0 bridgehead atoms. The summed E-state index contributed by atoms with van der Waals surface area (Å²) in [6, 6.07) is 2.72. The van der Waals surface area contributed by atoms with E-state index in [1.54, 1.807) is 12.1 Å².